The monoisotopic (exact) mass is 235 g/mol. The first-order valence-corrected chi connectivity index (χ1v) is 6.78. The maximum Gasteiger partial charge on any atom is 0.203 e. The molecule has 1 aliphatic carbocycles. The van der Waals surface area contributed by atoms with E-state index in [9.17, 15) is 0 Å². The van der Waals surface area contributed by atoms with Gasteiger partial charge in [0.05, 0.1) is 5.69 Å². The van der Waals surface area contributed by atoms with E-state index in [1.165, 1.54) is 30.7 Å². The van der Waals surface area contributed by atoms with Crippen LogP contribution in [0.15, 0.2) is 0 Å². The Kier molecular flexibility index (Phi) is 3.19. The SMILES string of the molecule is CCC(C)Nc1nc2c(n1C)CCCC2(C)C. The van der Waals surface area contributed by atoms with E-state index in [0.29, 0.717) is 6.04 Å². The lowest BCUT2D eigenvalue weighted by Gasteiger charge is -2.28. The van der Waals surface area contributed by atoms with Crippen molar-refractivity contribution >= 4 is 5.95 Å². The summed E-state index contributed by atoms with van der Waals surface area (Å²) in [7, 11) is 2.14. The van der Waals surface area contributed by atoms with E-state index < -0.39 is 0 Å². The van der Waals surface area contributed by atoms with Gasteiger partial charge in [-0.15, -0.1) is 0 Å². The first kappa shape index (κ1) is 12.5. The highest BCUT2D eigenvalue weighted by Crippen LogP contribution is 2.37. The number of nitrogens with zero attached hydrogens (tertiary/aromatic N) is 2. The van der Waals surface area contributed by atoms with Gasteiger partial charge in [0.2, 0.25) is 5.95 Å². The summed E-state index contributed by atoms with van der Waals surface area (Å²) in [6.45, 7) is 9.03. The van der Waals surface area contributed by atoms with Gasteiger partial charge in [-0.1, -0.05) is 20.8 Å². The van der Waals surface area contributed by atoms with Crippen molar-refractivity contribution in [1.29, 1.82) is 0 Å². The van der Waals surface area contributed by atoms with Gasteiger partial charge in [-0.3, -0.25) is 0 Å². The van der Waals surface area contributed by atoms with Gasteiger partial charge in [0.1, 0.15) is 0 Å². The molecule has 0 aliphatic heterocycles. The van der Waals surface area contributed by atoms with Crippen LogP contribution < -0.4 is 5.32 Å². The van der Waals surface area contributed by atoms with E-state index in [2.05, 4.69) is 44.6 Å². The maximum atomic E-state index is 4.84. The summed E-state index contributed by atoms with van der Waals surface area (Å²) in [4.78, 5) is 4.84. The van der Waals surface area contributed by atoms with Crippen LogP contribution in [0.2, 0.25) is 0 Å². The lowest BCUT2D eigenvalue weighted by Crippen LogP contribution is -2.24. The Morgan fingerprint density at radius 3 is 2.76 bits per heavy atom. The molecule has 0 amide bonds. The minimum absolute atomic E-state index is 0.237. The van der Waals surface area contributed by atoms with Gasteiger partial charge < -0.3 is 9.88 Å². The molecule has 96 valence electrons. The van der Waals surface area contributed by atoms with Crippen molar-refractivity contribution in [2.45, 2.75) is 64.8 Å². The zero-order valence-corrected chi connectivity index (χ0v) is 11.8. The van der Waals surface area contributed by atoms with Gasteiger partial charge in [0.25, 0.3) is 0 Å². The molecule has 1 atom stereocenters. The van der Waals surface area contributed by atoms with E-state index in [0.717, 1.165) is 12.4 Å². The molecule has 1 unspecified atom stereocenters. The van der Waals surface area contributed by atoms with Crippen molar-refractivity contribution in [2.75, 3.05) is 5.32 Å². The van der Waals surface area contributed by atoms with E-state index in [1.54, 1.807) is 0 Å². The zero-order valence-electron chi connectivity index (χ0n) is 11.8. The number of fused-ring (bicyclic) bond motifs is 1. The van der Waals surface area contributed by atoms with Crippen LogP contribution in [0.3, 0.4) is 0 Å². The molecule has 0 radical (unpaired) electrons. The Labute approximate surface area is 105 Å². The molecule has 0 aromatic carbocycles. The Hall–Kier alpha value is -0.990. The predicted molar refractivity (Wildman–Crippen MR) is 72.5 cm³/mol. The van der Waals surface area contributed by atoms with Gasteiger partial charge in [0, 0.05) is 24.2 Å². The van der Waals surface area contributed by atoms with Crippen molar-refractivity contribution in [2.24, 2.45) is 7.05 Å². The molecule has 1 aliphatic rings. The molecule has 0 spiro atoms. The first-order valence-electron chi connectivity index (χ1n) is 6.78. The molecule has 3 nitrogen and oxygen atoms in total. The Morgan fingerprint density at radius 2 is 2.18 bits per heavy atom. The smallest absolute Gasteiger partial charge is 0.203 e. The third-order valence-corrected chi connectivity index (χ3v) is 4.06. The highest BCUT2D eigenvalue weighted by molar-refractivity contribution is 5.39. The molecular weight excluding hydrogens is 210 g/mol. The van der Waals surface area contributed by atoms with Crippen LogP contribution in [0.5, 0.6) is 0 Å². The summed E-state index contributed by atoms with van der Waals surface area (Å²) in [5, 5.41) is 3.51. The highest BCUT2D eigenvalue weighted by Gasteiger charge is 2.32. The van der Waals surface area contributed by atoms with E-state index >= 15 is 0 Å². The van der Waals surface area contributed by atoms with Gasteiger partial charge in [-0.25, -0.2) is 4.98 Å². The van der Waals surface area contributed by atoms with Crippen LogP contribution in [0.1, 0.15) is 58.3 Å². The number of aromatic nitrogens is 2. The molecule has 1 aromatic heterocycles. The fraction of sp³-hybridized carbons (Fsp3) is 0.786. The standard InChI is InChI=1S/C14H25N3/c1-6-10(2)15-13-16-12-11(17(13)5)8-7-9-14(12,3)4/h10H,6-9H2,1-5H3,(H,15,16). The Bertz CT molecular complexity index is 404. The van der Waals surface area contributed by atoms with Crippen molar-refractivity contribution in [3.8, 4) is 0 Å². The fourth-order valence-corrected chi connectivity index (χ4v) is 2.63. The molecular formula is C14H25N3. The third-order valence-electron chi connectivity index (χ3n) is 4.06. The molecule has 1 aromatic rings. The largest absolute Gasteiger partial charge is 0.353 e. The average Bonchev–Trinajstić information content (AvgIpc) is 2.58. The number of anilines is 1. The summed E-state index contributed by atoms with van der Waals surface area (Å²) >= 11 is 0. The summed E-state index contributed by atoms with van der Waals surface area (Å²) < 4.78 is 2.25. The lowest BCUT2D eigenvalue weighted by atomic mass is 9.78. The molecule has 0 saturated carbocycles. The van der Waals surface area contributed by atoms with E-state index in [-0.39, 0.29) is 5.41 Å². The van der Waals surface area contributed by atoms with Gasteiger partial charge in [0.15, 0.2) is 0 Å². The fourth-order valence-electron chi connectivity index (χ4n) is 2.63. The van der Waals surface area contributed by atoms with Gasteiger partial charge in [-0.2, -0.15) is 0 Å². The topological polar surface area (TPSA) is 29.9 Å². The van der Waals surface area contributed by atoms with Crippen LogP contribution in [0, 0.1) is 0 Å². The number of imidazole rings is 1. The minimum atomic E-state index is 0.237. The van der Waals surface area contributed by atoms with Crippen LogP contribution in [0.25, 0.3) is 0 Å². The van der Waals surface area contributed by atoms with Crippen LogP contribution >= 0.6 is 0 Å². The van der Waals surface area contributed by atoms with E-state index in [4.69, 9.17) is 4.98 Å². The molecule has 1 N–H and O–H groups in total. The second-order valence-corrected chi connectivity index (χ2v) is 5.98. The summed E-state index contributed by atoms with van der Waals surface area (Å²) in [6.07, 6.45) is 4.83. The second kappa shape index (κ2) is 4.35. The number of nitrogens with one attached hydrogen (secondary N) is 1. The Morgan fingerprint density at radius 1 is 1.47 bits per heavy atom. The van der Waals surface area contributed by atoms with Crippen molar-refractivity contribution in [3.05, 3.63) is 11.4 Å². The molecule has 0 saturated heterocycles. The van der Waals surface area contributed by atoms with Crippen LogP contribution in [-0.2, 0) is 18.9 Å². The van der Waals surface area contributed by atoms with Crippen molar-refractivity contribution in [3.63, 3.8) is 0 Å². The highest BCUT2D eigenvalue weighted by atomic mass is 15.2. The number of hydrogen-bond donors (Lipinski definition) is 1. The number of hydrogen-bond acceptors (Lipinski definition) is 2. The predicted octanol–water partition coefficient (Wildman–Crippen LogP) is 3.24. The molecule has 0 bridgehead atoms. The normalized spacial score (nSPS) is 19.8. The van der Waals surface area contributed by atoms with Crippen molar-refractivity contribution < 1.29 is 0 Å². The molecule has 0 fully saturated rings. The quantitative estimate of drug-likeness (QED) is 0.871. The van der Waals surface area contributed by atoms with E-state index in [1.807, 2.05) is 0 Å². The summed E-state index contributed by atoms with van der Waals surface area (Å²) in [6, 6.07) is 0.487. The summed E-state index contributed by atoms with van der Waals surface area (Å²) in [5.41, 5.74) is 2.96. The van der Waals surface area contributed by atoms with Crippen LogP contribution in [0.4, 0.5) is 5.95 Å². The second-order valence-electron chi connectivity index (χ2n) is 5.98. The lowest BCUT2D eigenvalue weighted by molar-refractivity contribution is 0.416. The molecule has 2 rings (SSSR count). The van der Waals surface area contributed by atoms with Gasteiger partial charge >= 0.3 is 0 Å². The molecule has 1 heterocycles. The molecule has 3 heteroatoms. The number of rotatable bonds is 3. The first-order chi connectivity index (χ1) is 7.95. The third kappa shape index (κ3) is 2.20. The Balaban J connectivity index is 2.35. The zero-order chi connectivity index (χ0) is 12.6. The van der Waals surface area contributed by atoms with Crippen LogP contribution in [-0.4, -0.2) is 15.6 Å². The summed E-state index contributed by atoms with van der Waals surface area (Å²) in [5.74, 6) is 1.04. The minimum Gasteiger partial charge on any atom is -0.353 e. The average molecular weight is 235 g/mol. The van der Waals surface area contributed by atoms with Crippen molar-refractivity contribution in [1.82, 2.24) is 9.55 Å². The molecule has 17 heavy (non-hydrogen) atoms. The maximum absolute atomic E-state index is 4.84. The van der Waals surface area contributed by atoms with Gasteiger partial charge in [-0.05, 0) is 32.6 Å².